The van der Waals surface area contributed by atoms with Gasteiger partial charge in [-0.2, -0.15) is 0 Å². The molecule has 3 rings (SSSR count). The van der Waals surface area contributed by atoms with Gasteiger partial charge in [-0.1, -0.05) is 0 Å². The van der Waals surface area contributed by atoms with Gasteiger partial charge in [0.2, 0.25) is 0 Å². The molecule has 0 saturated heterocycles. The van der Waals surface area contributed by atoms with E-state index in [0.29, 0.717) is 19.8 Å². The second-order valence-electron chi connectivity index (χ2n) is 5.52. The van der Waals surface area contributed by atoms with Crippen LogP contribution in [0.2, 0.25) is 0 Å². The zero-order valence-corrected chi connectivity index (χ0v) is 13.1. The van der Waals surface area contributed by atoms with Crippen LogP contribution in [0.15, 0.2) is 16.6 Å². The highest BCUT2D eigenvalue weighted by Crippen LogP contribution is 2.39. The number of benzene rings is 1. The summed E-state index contributed by atoms with van der Waals surface area (Å²) in [6.07, 6.45) is 3.60. The average molecular weight is 341 g/mol. The molecule has 1 heterocycles. The number of nitrogens with two attached hydrogens (primary N) is 1. The molecule has 1 fully saturated rings. The van der Waals surface area contributed by atoms with E-state index in [4.69, 9.17) is 15.2 Å². The number of fused-ring (bicyclic) bond motifs is 1. The molecule has 0 bridgehead atoms. The second kappa shape index (κ2) is 6.33. The van der Waals surface area contributed by atoms with Crippen molar-refractivity contribution in [1.82, 2.24) is 5.32 Å². The summed E-state index contributed by atoms with van der Waals surface area (Å²) in [6.45, 7) is 3.03. The van der Waals surface area contributed by atoms with E-state index in [1.165, 1.54) is 12.8 Å². The van der Waals surface area contributed by atoms with Gasteiger partial charge >= 0.3 is 0 Å². The van der Waals surface area contributed by atoms with Crippen molar-refractivity contribution in [3.05, 3.63) is 22.2 Å². The summed E-state index contributed by atoms with van der Waals surface area (Å²) in [4.78, 5) is 0. The van der Waals surface area contributed by atoms with Crippen LogP contribution in [0, 0.1) is 5.92 Å². The molecule has 0 amide bonds. The molecule has 0 radical (unpaired) electrons. The van der Waals surface area contributed by atoms with Crippen LogP contribution < -0.4 is 20.5 Å². The molecular weight excluding hydrogens is 320 g/mol. The molecule has 1 aliphatic heterocycles. The van der Waals surface area contributed by atoms with Gasteiger partial charge in [-0.15, -0.1) is 0 Å². The third-order valence-corrected chi connectivity index (χ3v) is 4.40. The first-order valence-corrected chi connectivity index (χ1v) is 8.09. The summed E-state index contributed by atoms with van der Waals surface area (Å²) in [7, 11) is 0. The van der Waals surface area contributed by atoms with Crippen molar-refractivity contribution < 1.29 is 9.47 Å². The Morgan fingerprint density at radius 2 is 2.10 bits per heavy atom. The Balaban J connectivity index is 1.80. The molecule has 110 valence electrons. The van der Waals surface area contributed by atoms with Crippen molar-refractivity contribution in [2.24, 2.45) is 11.7 Å². The highest BCUT2D eigenvalue weighted by atomic mass is 79.9. The van der Waals surface area contributed by atoms with Crippen LogP contribution in [0.25, 0.3) is 0 Å². The number of rotatable bonds is 5. The van der Waals surface area contributed by atoms with E-state index in [1.807, 2.05) is 0 Å². The predicted molar refractivity (Wildman–Crippen MR) is 82.3 cm³/mol. The molecule has 1 atom stereocenters. The van der Waals surface area contributed by atoms with Crippen LogP contribution in [0.1, 0.15) is 30.9 Å². The zero-order valence-electron chi connectivity index (χ0n) is 11.5. The smallest absolute Gasteiger partial charge is 0.175 e. The first-order valence-electron chi connectivity index (χ1n) is 7.30. The van der Waals surface area contributed by atoms with Gasteiger partial charge in [0.1, 0.15) is 0 Å². The molecule has 1 aliphatic carbocycles. The van der Waals surface area contributed by atoms with Gasteiger partial charge in [0.15, 0.2) is 11.5 Å². The summed E-state index contributed by atoms with van der Waals surface area (Å²) in [5, 5.41) is 3.56. The summed E-state index contributed by atoms with van der Waals surface area (Å²) in [5.41, 5.74) is 7.08. The highest BCUT2D eigenvalue weighted by Gasteiger charge is 2.23. The normalized spacial score (nSPS) is 19.5. The minimum atomic E-state index is 0.170. The molecule has 3 N–H and O–H groups in total. The lowest BCUT2D eigenvalue weighted by atomic mass is 10.1. The fraction of sp³-hybridized carbons (Fsp3) is 0.600. The van der Waals surface area contributed by atoms with Crippen LogP contribution in [0.4, 0.5) is 0 Å². The first-order chi connectivity index (χ1) is 9.78. The van der Waals surface area contributed by atoms with Gasteiger partial charge in [-0.05, 0) is 58.9 Å². The standard InChI is InChI=1S/C15H21BrN2O2/c16-12-6-11(13(8-17)18-9-10-2-3-10)7-14-15(12)20-5-1-4-19-14/h6-7,10,13,18H,1-5,8-9,17H2. The molecule has 0 aromatic heterocycles. The largest absolute Gasteiger partial charge is 0.490 e. The third kappa shape index (κ3) is 3.27. The van der Waals surface area contributed by atoms with Crippen molar-refractivity contribution in [2.75, 3.05) is 26.3 Å². The van der Waals surface area contributed by atoms with E-state index in [-0.39, 0.29) is 6.04 Å². The summed E-state index contributed by atoms with van der Waals surface area (Å²) in [5.74, 6) is 2.47. The Bertz CT molecular complexity index is 477. The molecule has 0 spiro atoms. The Kier molecular flexibility index (Phi) is 4.48. The molecule has 2 aliphatic rings. The molecule has 20 heavy (non-hydrogen) atoms. The molecule has 1 aromatic rings. The van der Waals surface area contributed by atoms with E-state index in [9.17, 15) is 0 Å². The predicted octanol–water partition coefficient (Wildman–Crippen LogP) is 2.61. The minimum Gasteiger partial charge on any atom is -0.490 e. The fourth-order valence-corrected chi connectivity index (χ4v) is 2.99. The number of halogens is 1. The number of nitrogens with one attached hydrogen (secondary N) is 1. The lowest BCUT2D eigenvalue weighted by Crippen LogP contribution is -2.29. The zero-order chi connectivity index (χ0) is 13.9. The first kappa shape index (κ1) is 14.2. The number of ether oxygens (including phenoxy) is 2. The van der Waals surface area contributed by atoms with E-state index < -0.39 is 0 Å². The van der Waals surface area contributed by atoms with Crippen LogP contribution in [0.3, 0.4) is 0 Å². The highest BCUT2D eigenvalue weighted by molar-refractivity contribution is 9.10. The van der Waals surface area contributed by atoms with Crippen molar-refractivity contribution in [2.45, 2.75) is 25.3 Å². The number of hydrogen-bond donors (Lipinski definition) is 2. The lowest BCUT2D eigenvalue weighted by molar-refractivity contribution is 0.296. The maximum Gasteiger partial charge on any atom is 0.175 e. The second-order valence-corrected chi connectivity index (χ2v) is 6.37. The summed E-state index contributed by atoms with van der Waals surface area (Å²) < 4.78 is 12.5. The van der Waals surface area contributed by atoms with Gasteiger partial charge in [0.25, 0.3) is 0 Å². The molecule has 4 nitrogen and oxygen atoms in total. The SMILES string of the molecule is NCC(NCC1CC1)c1cc(Br)c2c(c1)OCCCO2. The Morgan fingerprint density at radius 3 is 2.85 bits per heavy atom. The lowest BCUT2D eigenvalue weighted by Gasteiger charge is -2.19. The van der Waals surface area contributed by atoms with Crippen molar-refractivity contribution in [3.8, 4) is 11.5 Å². The Labute approximate surface area is 128 Å². The molecule has 1 unspecified atom stereocenters. The maximum atomic E-state index is 5.92. The van der Waals surface area contributed by atoms with Crippen molar-refractivity contribution in [3.63, 3.8) is 0 Å². The molecule has 1 aromatic carbocycles. The minimum absolute atomic E-state index is 0.170. The topological polar surface area (TPSA) is 56.5 Å². The third-order valence-electron chi connectivity index (χ3n) is 3.81. The number of hydrogen-bond acceptors (Lipinski definition) is 4. The van der Waals surface area contributed by atoms with Crippen molar-refractivity contribution >= 4 is 15.9 Å². The fourth-order valence-electron chi connectivity index (χ4n) is 2.42. The van der Waals surface area contributed by atoms with Crippen LogP contribution in [0.5, 0.6) is 11.5 Å². The van der Waals surface area contributed by atoms with Crippen LogP contribution >= 0.6 is 15.9 Å². The van der Waals surface area contributed by atoms with Gasteiger partial charge in [0, 0.05) is 19.0 Å². The molecule has 1 saturated carbocycles. The van der Waals surface area contributed by atoms with Gasteiger partial charge < -0.3 is 20.5 Å². The van der Waals surface area contributed by atoms with Gasteiger partial charge in [-0.3, -0.25) is 0 Å². The monoisotopic (exact) mass is 340 g/mol. The van der Waals surface area contributed by atoms with E-state index in [1.54, 1.807) is 0 Å². The van der Waals surface area contributed by atoms with E-state index in [0.717, 1.165) is 40.4 Å². The Morgan fingerprint density at radius 1 is 1.30 bits per heavy atom. The Hall–Kier alpha value is -0.780. The van der Waals surface area contributed by atoms with E-state index in [2.05, 4.69) is 33.4 Å². The van der Waals surface area contributed by atoms with Crippen LogP contribution in [-0.4, -0.2) is 26.3 Å². The molecule has 5 heteroatoms. The average Bonchev–Trinajstić information content (AvgIpc) is 3.25. The summed E-state index contributed by atoms with van der Waals surface area (Å²) in [6, 6.07) is 4.32. The van der Waals surface area contributed by atoms with Crippen molar-refractivity contribution in [1.29, 1.82) is 0 Å². The van der Waals surface area contributed by atoms with Gasteiger partial charge in [-0.25, -0.2) is 0 Å². The molecular formula is C15H21BrN2O2. The van der Waals surface area contributed by atoms with Crippen LogP contribution in [-0.2, 0) is 0 Å². The quantitative estimate of drug-likeness (QED) is 0.864. The van der Waals surface area contributed by atoms with Gasteiger partial charge in [0.05, 0.1) is 17.7 Å². The van der Waals surface area contributed by atoms with E-state index >= 15 is 0 Å². The summed E-state index contributed by atoms with van der Waals surface area (Å²) >= 11 is 3.58. The maximum absolute atomic E-state index is 5.92.